The van der Waals surface area contributed by atoms with Crippen LogP contribution in [0.4, 0.5) is 0 Å². The standard InChI is InChI=1S/C32H60N2O8/c1-3-5-23-41-31(37)17-13-9-7-11-15-21-33-29(35)19-25-39-27-28-40-26-20-30(36)34-22-16-12-8-10-14-18-32(38)42-24-6-4-2/h3-28H2,1-2H3,(H,33,35)(H,34,36). The minimum atomic E-state index is -0.0996. The minimum Gasteiger partial charge on any atom is -0.466 e. The maximum absolute atomic E-state index is 11.9. The molecule has 246 valence electrons. The van der Waals surface area contributed by atoms with E-state index in [-0.39, 0.29) is 23.8 Å². The molecule has 0 spiro atoms. The number of carbonyl (C=O) groups excluding carboxylic acids is 4. The molecule has 2 amide bonds. The normalized spacial score (nSPS) is 10.8. The van der Waals surface area contributed by atoms with E-state index in [0.29, 0.717) is 78.4 Å². The maximum atomic E-state index is 11.9. The summed E-state index contributed by atoms with van der Waals surface area (Å²) < 4.78 is 21.2. The summed E-state index contributed by atoms with van der Waals surface area (Å²) in [5.74, 6) is -0.246. The van der Waals surface area contributed by atoms with Crippen LogP contribution in [-0.2, 0) is 38.1 Å². The Morgan fingerprint density at radius 3 is 1.21 bits per heavy atom. The quantitative estimate of drug-likeness (QED) is 0.0799. The van der Waals surface area contributed by atoms with E-state index in [2.05, 4.69) is 24.5 Å². The summed E-state index contributed by atoms with van der Waals surface area (Å²) in [7, 11) is 0. The number of amides is 2. The topological polar surface area (TPSA) is 129 Å². The largest absolute Gasteiger partial charge is 0.466 e. The number of hydrogen-bond acceptors (Lipinski definition) is 8. The SMILES string of the molecule is CCCCOC(=O)CCCCCCCNC(=O)CCOCCOCCC(=O)NCCCCCCCC(=O)OCCCC. The number of unbranched alkanes of at least 4 members (excludes halogenated alkanes) is 10. The number of ether oxygens (including phenoxy) is 4. The summed E-state index contributed by atoms with van der Waals surface area (Å²) in [5.41, 5.74) is 0. The Bertz CT molecular complexity index is 619. The van der Waals surface area contributed by atoms with Crippen molar-refractivity contribution in [2.45, 2.75) is 129 Å². The molecule has 0 fully saturated rings. The minimum absolute atomic E-state index is 0.0232. The Balaban J connectivity index is 3.34. The summed E-state index contributed by atoms with van der Waals surface area (Å²) in [6.45, 7) is 7.95. The van der Waals surface area contributed by atoms with Gasteiger partial charge in [-0.3, -0.25) is 19.2 Å². The fourth-order valence-corrected chi connectivity index (χ4v) is 3.94. The molecule has 42 heavy (non-hydrogen) atoms. The van der Waals surface area contributed by atoms with Gasteiger partial charge in [-0.05, 0) is 38.5 Å². The first-order valence-corrected chi connectivity index (χ1v) is 16.5. The van der Waals surface area contributed by atoms with Crippen LogP contribution < -0.4 is 10.6 Å². The maximum Gasteiger partial charge on any atom is 0.305 e. The molecular formula is C32H60N2O8. The van der Waals surface area contributed by atoms with Gasteiger partial charge in [0.05, 0.1) is 39.6 Å². The van der Waals surface area contributed by atoms with E-state index in [1.807, 2.05) is 0 Å². The molecule has 10 heteroatoms. The smallest absolute Gasteiger partial charge is 0.305 e. The Labute approximate surface area is 254 Å². The first kappa shape index (κ1) is 39.8. The molecule has 0 bridgehead atoms. The fraction of sp³-hybridized carbons (Fsp3) is 0.875. The van der Waals surface area contributed by atoms with Gasteiger partial charge in [0.15, 0.2) is 0 Å². The highest BCUT2D eigenvalue weighted by Gasteiger charge is 2.05. The lowest BCUT2D eigenvalue weighted by Gasteiger charge is -2.08. The molecule has 10 nitrogen and oxygen atoms in total. The van der Waals surface area contributed by atoms with Gasteiger partial charge < -0.3 is 29.6 Å². The van der Waals surface area contributed by atoms with E-state index in [1.165, 1.54) is 0 Å². The summed E-state index contributed by atoms with van der Waals surface area (Å²) in [6, 6.07) is 0. The average Bonchev–Trinajstić information content (AvgIpc) is 2.97. The summed E-state index contributed by atoms with van der Waals surface area (Å²) in [4.78, 5) is 46.8. The van der Waals surface area contributed by atoms with Crippen LogP contribution in [0.3, 0.4) is 0 Å². The Kier molecular flexibility index (Phi) is 30.1. The van der Waals surface area contributed by atoms with Crippen LogP contribution in [0, 0.1) is 0 Å². The lowest BCUT2D eigenvalue weighted by Crippen LogP contribution is -2.26. The van der Waals surface area contributed by atoms with Crippen molar-refractivity contribution >= 4 is 23.8 Å². The van der Waals surface area contributed by atoms with E-state index < -0.39 is 0 Å². The third-order valence-electron chi connectivity index (χ3n) is 6.60. The molecule has 2 N–H and O–H groups in total. The van der Waals surface area contributed by atoms with Crippen LogP contribution >= 0.6 is 0 Å². The van der Waals surface area contributed by atoms with Crippen LogP contribution in [0.2, 0.25) is 0 Å². The second-order valence-electron chi connectivity index (χ2n) is 10.6. The highest BCUT2D eigenvalue weighted by atomic mass is 16.5. The van der Waals surface area contributed by atoms with Gasteiger partial charge >= 0.3 is 11.9 Å². The molecule has 0 aliphatic rings. The number of hydrogen-bond donors (Lipinski definition) is 2. The highest BCUT2D eigenvalue weighted by Crippen LogP contribution is 2.07. The Morgan fingerprint density at radius 1 is 0.429 bits per heavy atom. The molecule has 0 rings (SSSR count). The highest BCUT2D eigenvalue weighted by molar-refractivity contribution is 5.76. The van der Waals surface area contributed by atoms with Gasteiger partial charge in [-0.15, -0.1) is 0 Å². The van der Waals surface area contributed by atoms with Gasteiger partial charge in [0.1, 0.15) is 0 Å². The second kappa shape index (κ2) is 31.7. The van der Waals surface area contributed by atoms with E-state index in [1.54, 1.807) is 0 Å². The Morgan fingerprint density at radius 2 is 0.810 bits per heavy atom. The first-order chi connectivity index (χ1) is 20.5. The van der Waals surface area contributed by atoms with E-state index in [0.717, 1.165) is 89.9 Å². The summed E-state index contributed by atoms with van der Waals surface area (Å²) in [6.07, 6.45) is 15.2. The number of nitrogens with one attached hydrogen (secondary N) is 2. The molecule has 0 heterocycles. The molecule has 0 aromatic heterocycles. The van der Waals surface area contributed by atoms with Gasteiger partial charge in [-0.1, -0.05) is 65.2 Å². The van der Waals surface area contributed by atoms with Gasteiger partial charge in [0.2, 0.25) is 11.8 Å². The number of rotatable bonds is 31. The molecule has 0 atom stereocenters. The number of carbonyl (C=O) groups is 4. The third kappa shape index (κ3) is 30.8. The molecule has 0 saturated carbocycles. The monoisotopic (exact) mass is 600 g/mol. The van der Waals surface area contributed by atoms with Gasteiger partial charge in [-0.2, -0.15) is 0 Å². The average molecular weight is 601 g/mol. The van der Waals surface area contributed by atoms with Crippen LogP contribution in [0.15, 0.2) is 0 Å². The van der Waals surface area contributed by atoms with Crippen molar-refractivity contribution in [1.29, 1.82) is 0 Å². The lowest BCUT2D eigenvalue weighted by atomic mass is 10.1. The van der Waals surface area contributed by atoms with Crippen molar-refractivity contribution in [2.75, 3.05) is 52.7 Å². The molecule has 0 aromatic carbocycles. The Hall–Kier alpha value is -2.20. The van der Waals surface area contributed by atoms with Crippen LogP contribution in [0.25, 0.3) is 0 Å². The summed E-state index contributed by atoms with van der Waals surface area (Å²) in [5, 5.41) is 5.81. The van der Waals surface area contributed by atoms with Crippen LogP contribution in [-0.4, -0.2) is 76.5 Å². The van der Waals surface area contributed by atoms with Crippen molar-refractivity contribution in [3.05, 3.63) is 0 Å². The second-order valence-corrected chi connectivity index (χ2v) is 10.6. The fourth-order valence-electron chi connectivity index (χ4n) is 3.94. The zero-order chi connectivity index (χ0) is 30.9. The van der Waals surface area contributed by atoms with Crippen molar-refractivity contribution < 1.29 is 38.1 Å². The van der Waals surface area contributed by atoms with E-state index >= 15 is 0 Å². The van der Waals surface area contributed by atoms with Crippen LogP contribution in [0.5, 0.6) is 0 Å². The molecule has 0 saturated heterocycles. The van der Waals surface area contributed by atoms with E-state index in [9.17, 15) is 19.2 Å². The van der Waals surface area contributed by atoms with Gasteiger partial charge in [-0.25, -0.2) is 0 Å². The van der Waals surface area contributed by atoms with Crippen molar-refractivity contribution in [3.8, 4) is 0 Å². The lowest BCUT2D eigenvalue weighted by molar-refractivity contribution is -0.144. The molecule has 0 radical (unpaired) electrons. The summed E-state index contributed by atoms with van der Waals surface area (Å²) >= 11 is 0. The molecule has 0 aliphatic heterocycles. The molecular weight excluding hydrogens is 540 g/mol. The zero-order valence-corrected chi connectivity index (χ0v) is 26.7. The predicted molar refractivity (Wildman–Crippen MR) is 164 cm³/mol. The predicted octanol–water partition coefficient (Wildman–Crippen LogP) is 5.40. The molecule has 0 unspecified atom stereocenters. The van der Waals surface area contributed by atoms with Crippen molar-refractivity contribution in [2.24, 2.45) is 0 Å². The van der Waals surface area contributed by atoms with Crippen molar-refractivity contribution in [3.63, 3.8) is 0 Å². The van der Waals surface area contributed by atoms with E-state index in [4.69, 9.17) is 18.9 Å². The van der Waals surface area contributed by atoms with Crippen LogP contribution in [0.1, 0.15) is 129 Å². The number of esters is 2. The zero-order valence-electron chi connectivity index (χ0n) is 26.7. The first-order valence-electron chi connectivity index (χ1n) is 16.5. The molecule has 0 aliphatic carbocycles. The van der Waals surface area contributed by atoms with Gasteiger partial charge in [0.25, 0.3) is 0 Å². The van der Waals surface area contributed by atoms with Gasteiger partial charge in [0, 0.05) is 38.8 Å². The van der Waals surface area contributed by atoms with Crippen molar-refractivity contribution in [1.82, 2.24) is 10.6 Å². The third-order valence-corrected chi connectivity index (χ3v) is 6.60. The molecule has 0 aromatic rings.